The number of hydrogen-bond donors (Lipinski definition) is 0. The Hall–Kier alpha value is -0.830. The molecule has 1 fully saturated rings. The molecule has 0 saturated heterocycles. The quantitative estimate of drug-likeness (QED) is 0.733. The maximum Gasteiger partial charge on any atom is 0.227 e. The van der Waals surface area contributed by atoms with Gasteiger partial charge in [0.1, 0.15) is 0 Å². The molecule has 0 spiro atoms. The number of allylic oxidation sites excluding steroid dienone is 1. The standard InChI is InChI=1S/C13H22N2O/c1-3-11-9-14-13(15(2)10-11)16-12-7-5-4-6-8-12/h9-10,12-13H,3-8H2,1-2H3. The summed E-state index contributed by atoms with van der Waals surface area (Å²) in [6.07, 6.45) is 11.8. The maximum absolute atomic E-state index is 6.02. The number of ether oxygens (including phenoxy) is 1. The second kappa shape index (κ2) is 5.48. The SMILES string of the molecule is CCC1=CN(C)C(OC2CCCCC2)N=C1. The molecule has 0 aromatic heterocycles. The van der Waals surface area contributed by atoms with Crippen LogP contribution in [0.4, 0.5) is 0 Å². The molecule has 3 heteroatoms. The molecule has 1 aliphatic heterocycles. The molecule has 0 amide bonds. The van der Waals surface area contributed by atoms with Crippen LogP contribution in [0.2, 0.25) is 0 Å². The van der Waals surface area contributed by atoms with E-state index in [1.807, 2.05) is 13.3 Å². The molecule has 0 aromatic rings. The monoisotopic (exact) mass is 222 g/mol. The van der Waals surface area contributed by atoms with Gasteiger partial charge in [-0.1, -0.05) is 26.2 Å². The second-order valence-corrected chi connectivity index (χ2v) is 4.72. The predicted molar refractivity (Wildman–Crippen MR) is 66.4 cm³/mol. The van der Waals surface area contributed by atoms with E-state index in [1.165, 1.54) is 37.7 Å². The van der Waals surface area contributed by atoms with Crippen molar-refractivity contribution in [2.75, 3.05) is 7.05 Å². The van der Waals surface area contributed by atoms with E-state index in [9.17, 15) is 0 Å². The van der Waals surface area contributed by atoms with E-state index in [0.717, 1.165) is 6.42 Å². The molecule has 0 N–H and O–H groups in total. The Morgan fingerprint density at radius 3 is 2.75 bits per heavy atom. The minimum atomic E-state index is -0.0987. The van der Waals surface area contributed by atoms with Gasteiger partial charge >= 0.3 is 0 Å². The van der Waals surface area contributed by atoms with Crippen LogP contribution in [0.3, 0.4) is 0 Å². The Labute approximate surface area is 98.2 Å². The van der Waals surface area contributed by atoms with Gasteiger partial charge in [0.2, 0.25) is 6.35 Å². The summed E-state index contributed by atoms with van der Waals surface area (Å²) in [5.74, 6) is 0. The summed E-state index contributed by atoms with van der Waals surface area (Å²) in [6, 6.07) is 0. The molecule has 90 valence electrons. The molecule has 1 saturated carbocycles. The van der Waals surface area contributed by atoms with Crippen LogP contribution in [0, 0.1) is 0 Å². The normalized spacial score (nSPS) is 27.0. The molecule has 0 bridgehead atoms. The summed E-state index contributed by atoms with van der Waals surface area (Å²) in [7, 11) is 2.04. The van der Waals surface area contributed by atoms with Gasteiger partial charge in [0.05, 0.1) is 6.10 Å². The van der Waals surface area contributed by atoms with Crippen molar-refractivity contribution in [3.8, 4) is 0 Å². The van der Waals surface area contributed by atoms with Crippen LogP contribution in [-0.4, -0.2) is 30.6 Å². The van der Waals surface area contributed by atoms with Gasteiger partial charge in [-0.25, -0.2) is 4.99 Å². The lowest BCUT2D eigenvalue weighted by atomic mass is 9.98. The van der Waals surface area contributed by atoms with Gasteiger partial charge in [-0.05, 0) is 24.8 Å². The Balaban J connectivity index is 1.87. The van der Waals surface area contributed by atoms with E-state index in [4.69, 9.17) is 4.74 Å². The van der Waals surface area contributed by atoms with Crippen molar-refractivity contribution in [1.29, 1.82) is 0 Å². The number of rotatable bonds is 3. The number of hydrogen-bond acceptors (Lipinski definition) is 3. The highest BCUT2D eigenvalue weighted by Crippen LogP contribution is 2.23. The third kappa shape index (κ3) is 2.85. The molecule has 2 aliphatic rings. The highest BCUT2D eigenvalue weighted by atomic mass is 16.5. The van der Waals surface area contributed by atoms with Crippen molar-refractivity contribution in [3.63, 3.8) is 0 Å². The zero-order valence-corrected chi connectivity index (χ0v) is 10.4. The summed E-state index contributed by atoms with van der Waals surface area (Å²) in [5, 5.41) is 0. The van der Waals surface area contributed by atoms with Crippen molar-refractivity contribution in [2.45, 2.75) is 57.9 Å². The highest BCUT2D eigenvalue weighted by Gasteiger charge is 2.21. The van der Waals surface area contributed by atoms with E-state index in [1.54, 1.807) is 0 Å². The lowest BCUT2D eigenvalue weighted by Crippen LogP contribution is -2.35. The summed E-state index contributed by atoms with van der Waals surface area (Å²) in [6.45, 7) is 2.15. The fourth-order valence-corrected chi connectivity index (χ4v) is 2.31. The van der Waals surface area contributed by atoms with Gasteiger partial charge in [0.25, 0.3) is 0 Å². The Morgan fingerprint density at radius 2 is 2.12 bits per heavy atom. The molecule has 1 heterocycles. The summed E-state index contributed by atoms with van der Waals surface area (Å²) >= 11 is 0. The largest absolute Gasteiger partial charge is 0.337 e. The van der Waals surface area contributed by atoms with Gasteiger partial charge in [0.15, 0.2) is 0 Å². The smallest absolute Gasteiger partial charge is 0.227 e. The first-order valence-corrected chi connectivity index (χ1v) is 6.41. The van der Waals surface area contributed by atoms with Crippen molar-refractivity contribution in [3.05, 3.63) is 11.8 Å². The fourth-order valence-electron chi connectivity index (χ4n) is 2.31. The van der Waals surface area contributed by atoms with Gasteiger partial charge in [-0.15, -0.1) is 0 Å². The van der Waals surface area contributed by atoms with E-state index >= 15 is 0 Å². The minimum absolute atomic E-state index is 0.0987. The summed E-state index contributed by atoms with van der Waals surface area (Å²) in [4.78, 5) is 6.54. The van der Waals surface area contributed by atoms with Crippen molar-refractivity contribution in [1.82, 2.24) is 4.90 Å². The lowest BCUT2D eigenvalue weighted by Gasteiger charge is -2.32. The van der Waals surface area contributed by atoms with Gasteiger partial charge in [-0.3, -0.25) is 0 Å². The van der Waals surface area contributed by atoms with Gasteiger partial charge in [-0.2, -0.15) is 0 Å². The maximum atomic E-state index is 6.02. The molecule has 16 heavy (non-hydrogen) atoms. The molecule has 1 aliphatic carbocycles. The molecule has 0 aromatic carbocycles. The molecule has 2 rings (SSSR count). The topological polar surface area (TPSA) is 24.8 Å². The van der Waals surface area contributed by atoms with Crippen molar-refractivity contribution < 1.29 is 4.74 Å². The first kappa shape index (κ1) is 11.6. The van der Waals surface area contributed by atoms with Crippen LogP contribution in [0.5, 0.6) is 0 Å². The zero-order valence-electron chi connectivity index (χ0n) is 10.4. The Bertz CT molecular complexity index is 280. The van der Waals surface area contributed by atoms with Crippen LogP contribution >= 0.6 is 0 Å². The predicted octanol–water partition coefficient (Wildman–Crippen LogP) is 2.93. The molecule has 1 atom stereocenters. The lowest BCUT2D eigenvalue weighted by molar-refractivity contribution is -0.0817. The first-order valence-electron chi connectivity index (χ1n) is 6.41. The first-order chi connectivity index (χ1) is 7.79. The number of nitrogens with zero attached hydrogens (tertiary/aromatic N) is 2. The Kier molecular flexibility index (Phi) is 3.99. The molecule has 0 radical (unpaired) electrons. The second-order valence-electron chi connectivity index (χ2n) is 4.72. The highest BCUT2D eigenvalue weighted by molar-refractivity contribution is 5.79. The summed E-state index contributed by atoms with van der Waals surface area (Å²) in [5.41, 5.74) is 1.27. The van der Waals surface area contributed by atoms with Gasteiger partial charge < -0.3 is 9.64 Å². The van der Waals surface area contributed by atoms with E-state index in [2.05, 4.69) is 23.0 Å². The third-order valence-electron chi connectivity index (χ3n) is 3.36. The number of aliphatic imine (C=N–C) groups is 1. The van der Waals surface area contributed by atoms with Crippen LogP contribution in [0.25, 0.3) is 0 Å². The van der Waals surface area contributed by atoms with E-state index in [-0.39, 0.29) is 6.35 Å². The molecule has 1 unspecified atom stereocenters. The third-order valence-corrected chi connectivity index (χ3v) is 3.36. The van der Waals surface area contributed by atoms with Crippen molar-refractivity contribution in [2.24, 2.45) is 4.99 Å². The Morgan fingerprint density at radius 1 is 1.38 bits per heavy atom. The van der Waals surface area contributed by atoms with Crippen LogP contribution in [0.1, 0.15) is 45.4 Å². The average molecular weight is 222 g/mol. The fraction of sp³-hybridized carbons (Fsp3) is 0.769. The molecular formula is C13H22N2O. The van der Waals surface area contributed by atoms with Crippen LogP contribution in [0.15, 0.2) is 16.8 Å². The van der Waals surface area contributed by atoms with Crippen molar-refractivity contribution >= 4 is 6.21 Å². The molecular weight excluding hydrogens is 200 g/mol. The minimum Gasteiger partial charge on any atom is -0.337 e. The van der Waals surface area contributed by atoms with E-state index in [0.29, 0.717) is 6.10 Å². The summed E-state index contributed by atoms with van der Waals surface area (Å²) < 4.78 is 6.02. The zero-order chi connectivity index (χ0) is 11.4. The van der Waals surface area contributed by atoms with Gasteiger partial charge in [0, 0.05) is 19.5 Å². The van der Waals surface area contributed by atoms with E-state index < -0.39 is 0 Å². The van der Waals surface area contributed by atoms with Crippen LogP contribution < -0.4 is 0 Å². The van der Waals surface area contributed by atoms with Crippen LogP contribution in [-0.2, 0) is 4.74 Å². The molecule has 3 nitrogen and oxygen atoms in total. The average Bonchev–Trinajstić information content (AvgIpc) is 2.33.